The number of nitrogens with zero attached hydrogens (tertiary/aromatic N) is 1. The third-order valence-corrected chi connectivity index (χ3v) is 5.13. The van der Waals surface area contributed by atoms with Gasteiger partial charge in [-0.3, -0.25) is 4.90 Å². The molecule has 1 aliphatic heterocycles. The van der Waals surface area contributed by atoms with Gasteiger partial charge in [0.05, 0.1) is 0 Å². The first-order chi connectivity index (χ1) is 11.0. The summed E-state index contributed by atoms with van der Waals surface area (Å²) in [6.45, 7) is 0.283. The second-order valence-electron chi connectivity index (χ2n) is 5.76. The number of carboxylic acid groups (broad SMARTS) is 2. The molecule has 5 nitrogen and oxygen atoms in total. The summed E-state index contributed by atoms with van der Waals surface area (Å²) in [5, 5.41) is 20.4. The van der Waals surface area contributed by atoms with E-state index in [0.29, 0.717) is 12.8 Å². The second kappa shape index (κ2) is 6.42. The van der Waals surface area contributed by atoms with Crippen LogP contribution >= 0.6 is 11.3 Å². The number of carboxylic acids is 1. The lowest BCUT2D eigenvalue weighted by Gasteiger charge is -2.16. The number of carbonyl (C=O) groups is 2. The number of thiophene rings is 1. The molecule has 23 heavy (non-hydrogen) atoms. The van der Waals surface area contributed by atoms with Crippen molar-refractivity contribution < 1.29 is 19.8 Å². The van der Waals surface area contributed by atoms with Crippen LogP contribution in [0.25, 0.3) is 11.1 Å². The fourth-order valence-electron chi connectivity index (χ4n) is 3.07. The van der Waals surface area contributed by atoms with E-state index in [1.807, 2.05) is 30.3 Å². The average molecular weight is 331 g/mol. The van der Waals surface area contributed by atoms with E-state index in [-0.39, 0.29) is 12.5 Å². The van der Waals surface area contributed by atoms with Gasteiger partial charge in [0.1, 0.15) is 6.04 Å². The third kappa shape index (κ3) is 3.37. The van der Waals surface area contributed by atoms with Crippen LogP contribution in [0.1, 0.15) is 11.3 Å². The van der Waals surface area contributed by atoms with Crippen molar-refractivity contribution in [3.63, 3.8) is 0 Å². The molecule has 0 aliphatic carbocycles. The monoisotopic (exact) mass is 331 g/mol. The first-order valence-corrected chi connectivity index (χ1v) is 8.27. The van der Waals surface area contributed by atoms with E-state index in [1.165, 1.54) is 0 Å². The first-order valence-electron chi connectivity index (χ1n) is 7.40. The minimum absolute atomic E-state index is 0.0504. The smallest absolute Gasteiger partial charge is 0.408 e. The summed E-state index contributed by atoms with van der Waals surface area (Å²) in [7, 11) is 0. The number of benzene rings is 1. The Morgan fingerprint density at radius 2 is 1.91 bits per heavy atom. The highest BCUT2D eigenvalue weighted by Crippen LogP contribution is 2.31. The number of hydrogen-bond donors (Lipinski definition) is 2. The van der Waals surface area contributed by atoms with Gasteiger partial charge in [-0.1, -0.05) is 30.3 Å². The molecule has 0 spiro atoms. The van der Waals surface area contributed by atoms with Gasteiger partial charge in [-0.25, -0.2) is 9.59 Å². The number of rotatable bonds is 4. The Bertz CT molecular complexity index is 690. The molecule has 6 heteroatoms. The fraction of sp³-hybridized carbons (Fsp3) is 0.294. The molecule has 1 saturated heterocycles. The Morgan fingerprint density at radius 1 is 1.17 bits per heavy atom. The largest absolute Gasteiger partial charge is 0.480 e. The van der Waals surface area contributed by atoms with Gasteiger partial charge in [0.15, 0.2) is 0 Å². The maximum atomic E-state index is 11.2. The van der Waals surface area contributed by atoms with E-state index in [4.69, 9.17) is 10.2 Å². The fourth-order valence-corrected chi connectivity index (χ4v) is 4.08. The molecule has 2 N–H and O–H groups in total. The molecule has 1 amide bonds. The summed E-state index contributed by atoms with van der Waals surface area (Å²) in [5.74, 6) is -1.01. The highest BCUT2D eigenvalue weighted by atomic mass is 32.1. The van der Waals surface area contributed by atoms with Gasteiger partial charge < -0.3 is 10.2 Å². The first kappa shape index (κ1) is 15.6. The molecule has 120 valence electrons. The number of amides is 1. The highest BCUT2D eigenvalue weighted by Gasteiger charge is 2.39. The quantitative estimate of drug-likeness (QED) is 0.900. The Hall–Kier alpha value is -2.34. The Labute approximate surface area is 137 Å². The Kier molecular flexibility index (Phi) is 4.34. The van der Waals surface area contributed by atoms with E-state index < -0.39 is 18.1 Å². The number of hydrogen-bond acceptors (Lipinski definition) is 3. The SMILES string of the molecule is O=C(O)C1CC(Cc2cc(-c3ccccc3)cs2)CN1C(=O)O. The van der Waals surface area contributed by atoms with Gasteiger partial charge >= 0.3 is 12.1 Å². The normalized spacial score (nSPS) is 20.6. The van der Waals surface area contributed by atoms with Crippen molar-refractivity contribution in [2.75, 3.05) is 6.54 Å². The zero-order valence-corrected chi connectivity index (χ0v) is 13.2. The molecular weight excluding hydrogens is 314 g/mol. The van der Waals surface area contributed by atoms with Crippen LogP contribution in [0.3, 0.4) is 0 Å². The lowest BCUT2D eigenvalue weighted by Crippen LogP contribution is -2.39. The Balaban J connectivity index is 1.70. The van der Waals surface area contributed by atoms with E-state index in [0.717, 1.165) is 20.9 Å². The molecule has 2 atom stereocenters. The van der Waals surface area contributed by atoms with Crippen molar-refractivity contribution in [1.82, 2.24) is 4.90 Å². The molecule has 1 aliphatic rings. The Morgan fingerprint density at radius 3 is 2.52 bits per heavy atom. The molecule has 3 rings (SSSR count). The molecule has 1 fully saturated rings. The van der Waals surface area contributed by atoms with Crippen molar-refractivity contribution in [1.29, 1.82) is 0 Å². The summed E-state index contributed by atoms with van der Waals surface area (Å²) >= 11 is 1.64. The van der Waals surface area contributed by atoms with Crippen LogP contribution < -0.4 is 0 Å². The van der Waals surface area contributed by atoms with Crippen molar-refractivity contribution in [3.05, 3.63) is 46.7 Å². The van der Waals surface area contributed by atoms with Crippen LogP contribution in [-0.4, -0.2) is 39.8 Å². The molecular formula is C17H17NO4S. The average Bonchev–Trinajstić information content (AvgIpc) is 3.16. The summed E-state index contributed by atoms with van der Waals surface area (Å²) in [5.41, 5.74) is 2.30. The maximum Gasteiger partial charge on any atom is 0.408 e. The second-order valence-corrected chi connectivity index (χ2v) is 6.76. The maximum absolute atomic E-state index is 11.2. The summed E-state index contributed by atoms with van der Waals surface area (Å²) in [6, 6.07) is 11.2. The molecule has 0 bridgehead atoms. The predicted octanol–water partition coefficient (Wildman–Crippen LogP) is 3.41. The van der Waals surface area contributed by atoms with Gasteiger partial charge in [-0.2, -0.15) is 0 Å². The lowest BCUT2D eigenvalue weighted by atomic mass is 10.00. The van der Waals surface area contributed by atoms with E-state index in [1.54, 1.807) is 11.3 Å². The van der Waals surface area contributed by atoms with Gasteiger partial charge in [-0.05, 0) is 41.3 Å². The minimum Gasteiger partial charge on any atom is -0.480 e. The minimum atomic E-state index is -1.16. The molecule has 1 aromatic heterocycles. The third-order valence-electron chi connectivity index (χ3n) is 4.17. The van der Waals surface area contributed by atoms with Crippen LogP contribution in [0.15, 0.2) is 41.8 Å². The molecule has 1 aromatic carbocycles. The van der Waals surface area contributed by atoms with Gasteiger partial charge in [0.2, 0.25) is 0 Å². The standard InChI is InChI=1S/C17H17NO4S/c19-16(20)15-7-11(9-18(15)17(21)22)6-14-8-13(10-23-14)12-4-2-1-3-5-12/h1-5,8,10-11,15H,6-7,9H2,(H,19,20)(H,21,22). The van der Waals surface area contributed by atoms with Crippen LogP contribution in [0, 0.1) is 5.92 Å². The lowest BCUT2D eigenvalue weighted by molar-refractivity contribution is -0.141. The summed E-state index contributed by atoms with van der Waals surface area (Å²) < 4.78 is 0. The molecule has 0 saturated carbocycles. The number of aliphatic carboxylic acids is 1. The van der Waals surface area contributed by atoms with Crippen LogP contribution in [0.4, 0.5) is 4.79 Å². The molecule has 2 heterocycles. The van der Waals surface area contributed by atoms with Crippen molar-refractivity contribution in [3.8, 4) is 11.1 Å². The topological polar surface area (TPSA) is 77.8 Å². The van der Waals surface area contributed by atoms with E-state index in [9.17, 15) is 9.59 Å². The van der Waals surface area contributed by atoms with Crippen molar-refractivity contribution >= 4 is 23.4 Å². The van der Waals surface area contributed by atoms with Crippen LogP contribution in [0.2, 0.25) is 0 Å². The zero-order valence-electron chi connectivity index (χ0n) is 12.4. The molecule has 2 aromatic rings. The van der Waals surface area contributed by atoms with Crippen LogP contribution in [0.5, 0.6) is 0 Å². The van der Waals surface area contributed by atoms with Crippen molar-refractivity contribution in [2.24, 2.45) is 5.92 Å². The van der Waals surface area contributed by atoms with E-state index in [2.05, 4.69) is 11.4 Å². The summed E-state index contributed by atoms with van der Waals surface area (Å²) in [4.78, 5) is 24.6. The van der Waals surface area contributed by atoms with Gasteiger partial charge in [-0.15, -0.1) is 11.3 Å². The summed E-state index contributed by atoms with van der Waals surface area (Å²) in [6.07, 6.45) is -0.0679. The van der Waals surface area contributed by atoms with E-state index >= 15 is 0 Å². The molecule has 2 unspecified atom stereocenters. The van der Waals surface area contributed by atoms with Crippen molar-refractivity contribution in [2.45, 2.75) is 18.9 Å². The highest BCUT2D eigenvalue weighted by molar-refractivity contribution is 7.10. The molecule has 0 radical (unpaired) electrons. The van der Waals surface area contributed by atoms with Crippen LogP contribution in [-0.2, 0) is 11.2 Å². The van der Waals surface area contributed by atoms with Gasteiger partial charge in [0, 0.05) is 11.4 Å². The number of likely N-dealkylation sites (tertiary alicyclic amines) is 1. The predicted molar refractivity (Wildman–Crippen MR) is 87.7 cm³/mol. The van der Waals surface area contributed by atoms with Gasteiger partial charge in [0.25, 0.3) is 0 Å². The zero-order chi connectivity index (χ0) is 16.4.